The monoisotopic (exact) mass is 264 g/mol. The molecule has 1 aromatic heterocycles. The molecule has 1 aliphatic heterocycles. The molecule has 1 amide bonds. The Morgan fingerprint density at radius 1 is 1.37 bits per heavy atom. The van der Waals surface area contributed by atoms with E-state index in [1.54, 1.807) is 12.1 Å². The van der Waals surface area contributed by atoms with Gasteiger partial charge in [0.15, 0.2) is 5.76 Å². The van der Waals surface area contributed by atoms with E-state index in [2.05, 4.69) is 0 Å². The number of furan rings is 1. The van der Waals surface area contributed by atoms with Gasteiger partial charge in [-0.1, -0.05) is 12.8 Å². The molecule has 104 valence electrons. The van der Waals surface area contributed by atoms with E-state index < -0.39 is 0 Å². The quantitative estimate of drug-likeness (QED) is 0.879. The van der Waals surface area contributed by atoms with Gasteiger partial charge in [-0.3, -0.25) is 4.79 Å². The van der Waals surface area contributed by atoms with Crippen LogP contribution in [0.1, 0.15) is 42.0 Å². The van der Waals surface area contributed by atoms with Crippen molar-refractivity contribution in [3.05, 3.63) is 23.7 Å². The molecule has 1 aliphatic carbocycles. The minimum atomic E-state index is -0.0279. The number of carbonyl (C=O) groups is 1. The Hall–Kier alpha value is -1.33. The standard InChI is InChI=1S/C14H20N2O3/c15-9-10-5-6-13(19-10)14(17)16-7-8-18-12-4-2-1-3-11(12)16/h5-6,11-12H,1-4,7-9,15H2. The van der Waals surface area contributed by atoms with Crippen LogP contribution in [-0.2, 0) is 11.3 Å². The molecule has 5 nitrogen and oxygen atoms in total. The van der Waals surface area contributed by atoms with Crippen LogP contribution in [0.4, 0.5) is 0 Å². The predicted octanol–water partition coefficient (Wildman–Crippen LogP) is 1.52. The van der Waals surface area contributed by atoms with Gasteiger partial charge in [0.2, 0.25) is 0 Å². The number of ether oxygens (including phenoxy) is 1. The fourth-order valence-electron chi connectivity index (χ4n) is 3.09. The first kappa shape index (κ1) is 12.7. The van der Waals surface area contributed by atoms with Gasteiger partial charge in [-0.05, 0) is 25.0 Å². The van der Waals surface area contributed by atoms with Gasteiger partial charge in [0.25, 0.3) is 5.91 Å². The number of nitrogens with zero attached hydrogens (tertiary/aromatic N) is 1. The van der Waals surface area contributed by atoms with Gasteiger partial charge in [-0.25, -0.2) is 0 Å². The summed E-state index contributed by atoms with van der Waals surface area (Å²) < 4.78 is 11.3. The van der Waals surface area contributed by atoms with E-state index in [-0.39, 0.29) is 18.1 Å². The van der Waals surface area contributed by atoms with Crippen LogP contribution in [0.3, 0.4) is 0 Å². The Morgan fingerprint density at radius 2 is 2.21 bits per heavy atom. The molecule has 2 atom stereocenters. The summed E-state index contributed by atoms with van der Waals surface area (Å²) in [5.41, 5.74) is 5.51. The van der Waals surface area contributed by atoms with Gasteiger partial charge in [0, 0.05) is 6.54 Å². The molecular formula is C14H20N2O3. The summed E-state index contributed by atoms with van der Waals surface area (Å²) in [7, 11) is 0. The Balaban J connectivity index is 1.77. The van der Waals surface area contributed by atoms with Gasteiger partial charge < -0.3 is 19.8 Å². The van der Waals surface area contributed by atoms with Crippen molar-refractivity contribution in [2.24, 2.45) is 5.73 Å². The van der Waals surface area contributed by atoms with Crippen LogP contribution in [0.15, 0.2) is 16.5 Å². The lowest BCUT2D eigenvalue weighted by molar-refractivity contribution is -0.0759. The van der Waals surface area contributed by atoms with Gasteiger partial charge in [-0.15, -0.1) is 0 Å². The third kappa shape index (κ3) is 2.40. The molecule has 2 heterocycles. The van der Waals surface area contributed by atoms with Gasteiger partial charge >= 0.3 is 0 Å². The summed E-state index contributed by atoms with van der Waals surface area (Å²) in [5, 5.41) is 0. The Labute approximate surface area is 112 Å². The summed E-state index contributed by atoms with van der Waals surface area (Å²) in [6, 6.07) is 3.70. The molecule has 0 bridgehead atoms. The molecule has 1 saturated heterocycles. The second-order valence-electron chi connectivity index (χ2n) is 5.23. The summed E-state index contributed by atoms with van der Waals surface area (Å²) in [4.78, 5) is 14.4. The maximum atomic E-state index is 12.5. The molecule has 1 saturated carbocycles. The van der Waals surface area contributed by atoms with Crippen molar-refractivity contribution in [2.75, 3.05) is 13.2 Å². The van der Waals surface area contributed by atoms with E-state index in [9.17, 15) is 4.79 Å². The van der Waals surface area contributed by atoms with Crippen LogP contribution in [0.5, 0.6) is 0 Å². The van der Waals surface area contributed by atoms with E-state index in [4.69, 9.17) is 14.9 Å². The number of morpholine rings is 1. The summed E-state index contributed by atoms with van der Waals surface area (Å²) in [6.45, 7) is 1.60. The lowest BCUT2D eigenvalue weighted by Crippen LogP contribution is -2.54. The topological polar surface area (TPSA) is 68.7 Å². The van der Waals surface area contributed by atoms with Gasteiger partial charge in [0.1, 0.15) is 5.76 Å². The van der Waals surface area contributed by atoms with Crippen molar-refractivity contribution in [1.82, 2.24) is 4.90 Å². The number of hydrogen-bond donors (Lipinski definition) is 1. The second kappa shape index (κ2) is 5.35. The first-order valence-electron chi connectivity index (χ1n) is 7.01. The highest BCUT2D eigenvalue weighted by Gasteiger charge is 2.37. The first-order valence-corrected chi connectivity index (χ1v) is 7.01. The predicted molar refractivity (Wildman–Crippen MR) is 69.6 cm³/mol. The molecule has 0 radical (unpaired) electrons. The van der Waals surface area contributed by atoms with Crippen molar-refractivity contribution in [1.29, 1.82) is 0 Å². The van der Waals surface area contributed by atoms with Crippen LogP contribution < -0.4 is 5.73 Å². The molecule has 3 rings (SSSR count). The Kier molecular flexibility index (Phi) is 3.57. The van der Waals surface area contributed by atoms with Crippen molar-refractivity contribution >= 4 is 5.91 Å². The highest BCUT2D eigenvalue weighted by molar-refractivity contribution is 5.91. The highest BCUT2D eigenvalue weighted by atomic mass is 16.5. The molecule has 5 heteroatoms. The van der Waals surface area contributed by atoms with Crippen molar-refractivity contribution in [3.63, 3.8) is 0 Å². The smallest absolute Gasteiger partial charge is 0.289 e. The highest BCUT2D eigenvalue weighted by Crippen LogP contribution is 2.29. The zero-order valence-corrected chi connectivity index (χ0v) is 11.0. The van der Waals surface area contributed by atoms with Crippen LogP contribution in [0.25, 0.3) is 0 Å². The SMILES string of the molecule is NCc1ccc(C(=O)N2CCOC3CCCCC32)o1. The minimum Gasteiger partial charge on any atom is -0.455 e. The number of nitrogens with two attached hydrogens (primary N) is 1. The van der Waals surface area contributed by atoms with Crippen LogP contribution >= 0.6 is 0 Å². The Morgan fingerprint density at radius 3 is 3.00 bits per heavy atom. The van der Waals surface area contributed by atoms with E-state index >= 15 is 0 Å². The van der Waals surface area contributed by atoms with Crippen molar-refractivity contribution < 1.29 is 13.9 Å². The maximum Gasteiger partial charge on any atom is 0.289 e. The fraction of sp³-hybridized carbons (Fsp3) is 0.643. The minimum absolute atomic E-state index is 0.0279. The average Bonchev–Trinajstić information content (AvgIpc) is 2.95. The van der Waals surface area contributed by atoms with Crippen LogP contribution in [0, 0.1) is 0 Å². The molecule has 19 heavy (non-hydrogen) atoms. The van der Waals surface area contributed by atoms with Gasteiger partial charge in [0.05, 0.1) is 25.3 Å². The van der Waals surface area contributed by atoms with Crippen molar-refractivity contribution in [3.8, 4) is 0 Å². The fourth-order valence-corrected chi connectivity index (χ4v) is 3.09. The van der Waals surface area contributed by atoms with Crippen LogP contribution in [-0.4, -0.2) is 36.1 Å². The zero-order valence-electron chi connectivity index (χ0n) is 11.0. The molecule has 2 unspecified atom stereocenters. The molecule has 2 N–H and O–H groups in total. The lowest BCUT2D eigenvalue weighted by Gasteiger charge is -2.43. The van der Waals surface area contributed by atoms with Crippen LogP contribution in [0.2, 0.25) is 0 Å². The first-order chi connectivity index (χ1) is 9.29. The summed E-state index contributed by atoms with van der Waals surface area (Å²) in [6.07, 6.45) is 4.65. The third-order valence-electron chi connectivity index (χ3n) is 4.07. The van der Waals surface area contributed by atoms with E-state index in [1.165, 1.54) is 12.8 Å². The normalized spacial score (nSPS) is 27.1. The van der Waals surface area contributed by atoms with Gasteiger partial charge in [-0.2, -0.15) is 0 Å². The second-order valence-corrected chi connectivity index (χ2v) is 5.23. The molecule has 0 spiro atoms. The number of fused-ring (bicyclic) bond motifs is 1. The van der Waals surface area contributed by atoms with E-state index in [1.807, 2.05) is 4.90 Å². The van der Waals surface area contributed by atoms with Crippen molar-refractivity contribution in [2.45, 2.75) is 44.4 Å². The number of rotatable bonds is 2. The van der Waals surface area contributed by atoms with E-state index in [0.717, 1.165) is 12.8 Å². The zero-order chi connectivity index (χ0) is 13.2. The number of hydrogen-bond acceptors (Lipinski definition) is 4. The molecular weight excluding hydrogens is 244 g/mol. The summed E-state index contributed by atoms with van der Waals surface area (Å²) in [5.74, 6) is 1.02. The third-order valence-corrected chi connectivity index (χ3v) is 4.07. The molecule has 2 fully saturated rings. The summed E-state index contributed by atoms with van der Waals surface area (Å²) >= 11 is 0. The molecule has 0 aromatic carbocycles. The number of amides is 1. The number of carbonyl (C=O) groups excluding carboxylic acids is 1. The van der Waals surface area contributed by atoms with E-state index in [0.29, 0.717) is 31.2 Å². The lowest BCUT2D eigenvalue weighted by atomic mass is 9.90. The molecule has 2 aliphatic rings. The molecule has 1 aromatic rings. The maximum absolute atomic E-state index is 12.5. The largest absolute Gasteiger partial charge is 0.455 e. The average molecular weight is 264 g/mol. The Bertz CT molecular complexity index is 455.